The van der Waals surface area contributed by atoms with Crippen LogP contribution < -0.4 is 14.8 Å². The van der Waals surface area contributed by atoms with E-state index in [1.165, 1.54) is 21.8 Å². The van der Waals surface area contributed by atoms with Gasteiger partial charge in [0.05, 0.1) is 32.1 Å². The molecule has 10 heteroatoms. The van der Waals surface area contributed by atoms with Crippen LogP contribution in [0, 0.1) is 0 Å². The van der Waals surface area contributed by atoms with Crippen LogP contribution in [0.5, 0.6) is 11.5 Å². The highest BCUT2D eigenvalue weighted by molar-refractivity contribution is 8.00. The van der Waals surface area contributed by atoms with Crippen molar-refractivity contribution < 1.29 is 28.6 Å². The monoisotopic (exact) mass is 473 g/mol. The van der Waals surface area contributed by atoms with Gasteiger partial charge in [-0.05, 0) is 49.7 Å². The van der Waals surface area contributed by atoms with Crippen molar-refractivity contribution >= 4 is 35.4 Å². The van der Waals surface area contributed by atoms with Crippen molar-refractivity contribution in [1.82, 2.24) is 10.0 Å². The Balaban J connectivity index is 1.61. The maximum absolute atomic E-state index is 12.8. The summed E-state index contributed by atoms with van der Waals surface area (Å²) in [6.07, 6.45) is 0.684. The minimum atomic E-state index is -0.459. The van der Waals surface area contributed by atoms with E-state index in [9.17, 15) is 14.4 Å². The Bertz CT molecular complexity index is 1020. The third-order valence-corrected chi connectivity index (χ3v) is 5.87. The van der Waals surface area contributed by atoms with Crippen molar-refractivity contribution in [3.05, 3.63) is 48.0 Å². The second-order valence-corrected chi connectivity index (χ2v) is 8.08. The lowest BCUT2D eigenvalue weighted by Gasteiger charge is -2.28. The summed E-state index contributed by atoms with van der Waals surface area (Å²) in [6.45, 7) is 2.88. The number of hydrazine groups is 1. The van der Waals surface area contributed by atoms with Crippen molar-refractivity contribution in [1.29, 1.82) is 0 Å². The third kappa shape index (κ3) is 6.10. The zero-order valence-electron chi connectivity index (χ0n) is 18.8. The Morgan fingerprint density at radius 1 is 1.00 bits per heavy atom. The van der Waals surface area contributed by atoms with E-state index in [2.05, 4.69) is 5.32 Å². The van der Waals surface area contributed by atoms with Gasteiger partial charge < -0.3 is 19.5 Å². The van der Waals surface area contributed by atoms with Gasteiger partial charge in [-0.1, -0.05) is 6.07 Å². The SMILES string of the molecule is CCOC(=O)c1cccc(NC(=O)N2CCCN2C(=O)CSc2ccc(OC)c(OC)c2)c1. The largest absolute Gasteiger partial charge is 0.493 e. The number of hydrogen-bond acceptors (Lipinski definition) is 7. The molecule has 1 heterocycles. The molecule has 0 atom stereocenters. The van der Waals surface area contributed by atoms with Crippen LogP contribution in [0.25, 0.3) is 0 Å². The topological polar surface area (TPSA) is 97.4 Å². The molecule has 0 radical (unpaired) electrons. The zero-order valence-corrected chi connectivity index (χ0v) is 19.6. The van der Waals surface area contributed by atoms with Gasteiger partial charge in [-0.2, -0.15) is 0 Å². The second kappa shape index (κ2) is 11.5. The van der Waals surface area contributed by atoms with Gasteiger partial charge in [0.1, 0.15) is 0 Å². The highest BCUT2D eigenvalue weighted by atomic mass is 32.2. The molecular weight excluding hydrogens is 446 g/mol. The van der Waals surface area contributed by atoms with Crippen molar-refractivity contribution in [3.63, 3.8) is 0 Å². The Morgan fingerprint density at radius 3 is 2.48 bits per heavy atom. The fraction of sp³-hybridized carbons (Fsp3) is 0.348. The van der Waals surface area contributed by atoms with Crippen molar-refractivity contribution in [2.45, 2.75) is 18.2 Å². The van der Waals surface area contributed by atoms with Crippen LogP contribution in [0.3, 0.4) is 0 Å². The number of nitrogens with one attached hydrogen (secondary N) is 1. The van der Waals surface area contributed by atoms with E-state index >= 15 is 0 Å². The standard InChI is InChI=1S/C23H27N3O6S/c1-4-32-22(28)16-7-5-8-17(13-16)24-23(29)26-12-6-11-25(26)21(27)15-33-18-9-10-19(30-2)20(14-18)31-3/h5,7-10,13-14H,4,6,11-12,15H2,1-3H3,(H,24,29). The smallest absolute Gasteiger partial charge is 0.340 e. The lowest BCUT2D eigenvalue weighted by molar-refractivity contribution is -0.136. The zero-order chi connectivity index (χ0) is 23.8. The van der Waals surface area contributed by atoms with E-state index in [-0.39, 0.29) is 18.3 Å². The summed E-state index contributed by atoms with van der Waals surface area (Å²) in [6, 6.07) is 11.5. The van der Waals surface area contributed by atoms with Crippen LogP contribution in [0.15, 0.2) is 47.4 Å². The first kappa shape index (κ1) is 24.2. The molecular formula is C23H27N3O6S. The summed E-state index contributed by atoms with van der Waals surface area (Å²) in [5.74, 6) is 0.726. The molecule has 1 aliphatic heterocycles. The first-order valence-electron chi connectivity index (χ1n) is 10.5. The number of benzene rings is 2. The molecule has 1 fully saturated rings. The number of nitrogens with zero attached hydrogens (tertiary/aromatic N) is 2. The summed E-state index contributed by atoms with van der Waals surface area (Å²) >= 11 is 1.36. The van der Waals surface area contributed by atoms with E-state index < -0.39 is 12.0 Å². The lowest BCUT2D eigenvalue weighted by atomic mass is 10.2. The summed E-state index contributed by atoms with van der Waals surface area (Å²) < 4.78 is 15.5. The minimum Gasteiger partial charge on any atom is -0.493 e. The number of hydrogen-bond donors (Lipinski definition) is 1. The maximum atomic E-state index is 12.8. The molecule has 33 heavy (non-hydrogen) atoms. The van der Waals surface area contributed by atoms with Crippen LogP contribution >= 0.6 is 11.8 Å². The molecule has 1 saturated heterocycles. The molecule has 3 amide bonds. The number of rotatable bonds is 8. The van der Waals surface area contributed by atoms with E-state index in [0.29, 0.717) is 42.3 Å². The molecule has 0 saturated carbocycles. The van der Waals surface area contributed by atoms with Gasteiger partial charge >= 0.3 is 12.0 Å². The third-order valence-electron chi connectivity index (χ3n) is 4.90. The highest BCUT2D eigenvalue weighted by Gasteiger charge is 2.30. The number of urea groups is 1. The fourth-order valence-corrected chi connectivity index (χ4v) is 4.13. The van der Waals surface area contributed by atoms with E-state index in [1.807, 2.05) is 12.1 Å². The Hall–Kier alpha value is -3.40. The maximum Gasteiger partial charge on any atom is 0.340 e. The van der Waals surface area contributed by atoms with Gasteiger partial charge in [0.25, 0.3) is 5.91 Å². The van der Waals surface area contributed by atoms with Crippen molar-refractivity contribution in [3.8, 4) is 11.5 Å². The molecule has 0 unspecified atom stereocenters. The van der Waals surface area contributed by atoms with Crippen molar-refractivity contribution in [2.75, 3.05) is 45.0 Å². The highest BCUT2D eigenvalue weighted by Crippen LogP contribution is 2.32. The van der Waals surface area contributed by atoms with E-state index in [4.69, 9.17) is 14.2 Å². The van der Waals surface area contributed by atoms with Gasteiger partial charge in [-0.25, -0.2) is 19.6 Å². The number of carbonyl (C=O) groups excluding carboxylic acids is 3. The normalized spacial score (nSPS) is 12.9. The average Bonchev–Trinajstić information content (AvgIpc) is 3.33. The first-order valence-corrected chi connectivity index (χ1v) is 11.5. The molecule has 2 aromatic carbocycles. The average molecular weight is 474 g/mol. The van der Waals surface area contributed by atoms with Gasteiger partial charge in [0, 0.05) is 23.7 Å². The van der Waals surface area contributed by atoms with Crippen LogP contribution in [-0.4, -0.2) is 67.6 Å². The number of ether oxygens (including phenoxy) is 3. The van der Waals surface area contributed by atoms with Crippen LogP contribution in [0.2, 0.25) is 0 Å². The molecule has 1 aliphatic rings. The summed E-state index contributed by atoms with van der Waals surface area (Å²) in [5, 5.41) is 5.61. The molecule has 176 valence electrons. The van der Waals surface area contributed by atoms with Crippen LogP contribution in [-0.2, 0) is 9.53 Å². The molecule has 0 aliphatic carbocycles. The van der Waals surface area contributed by atoms with Crippen molar-refractivity contribution in [2.24, 2.45) is 0 Å². The second-order valence-electron chi connectivity index (χ2n) is 7.03. The number of thioether (sulfide) groups is 1. The fourth-order valence-electron chi connectivity index (χ4n) is 3.33. The van der Waals surface area contributed by atoms with Gasteiger partial charge in [-0.15, -0.1) is 11.8 Å². The first-order chi connectivity index (χ1) is 16.0. The van der Waals surface area contributed by atoms with Crippen LogP contribution in [0.4, 0.5) is 10.5 Å². The molecule has 2 aromatic rings. The van der Waals surface area contributed by atoms with E-state index in [1.54, 1.807) is 51.5 Å². The minimum absolute atomic E-state index is 0.164. The number of methoxy groups -OCH3 is 2. The van der Waals surface area contributed by atoms with Crippen LogP contribution in [0.1, 0.15) is 23.7 Å². The summed E-state index contributed by atoms with van der Waals surface area (Å²) in [5.41, 5.74) is 0.792. The molecule has 0 bridgehead atoms. The van der Waals surface area contributed by atoms with Gasteiger partial charge in [0.15, 0.2) is 11.5 Å². The predicted molar refractivity (Wildman–Crippen MR) is 125 cm³/mol. The Labute approximate surface area is 196 Å². The Morgan fingerprint density at radius 2 is 1.76 bits per heavy atom. The molecule has 0 spiro atoms. The number of esters is 1. The molecule has 1 N–H and O–H groups in total. The molecule has 0 aromatic heterocycles. The van der Waals surface area contributed by atoms with Gasteiger partial charge in [-0.3, -0.25) is 4.79 Å². The number of carbonyl (C=O) groups is 3. The molecule has 3 rings (SSSR count). The van der Waals surface area contributed by atoms with E-state index in [0.717, 1.165) is 4.90 Å². The quantitative estimate of drug-likeness (QED) is 0.462. The predicted octanol–water partition coefficient (Wildman–Crippen LogP) is 3.65. The molecule has 9 nitrogen and oxygen atoms in total. The van der Waals surface area contributed by atoms with Gasteiger partial charge in [0.2, 0.25) is 0 Å². The Kier molecular flexibility index (Phi) is 8.42. The summed E-state index contributed by atoms with van der Waals surface area (Å²) in [7, 11) is 3.12. The summed E-state index contributed by atoms with van der Waals surface area (Å²) in [4.78, 5) is 38.5. The number of amides is 3. The lowest BCUT2D eigenvalue weighted by Crippen LogP contribution is -2.47. The number of anilines is 1.